The van der Waals surface area contributed by atoms with Crippen LogP contribution in [0.15, 0.2) is 0 Å². The zero-order valence-electron chi connectivity index (χ0n) is 39.2. The van der Waals surface area contributed by atoms with Crippen LogP contribution in [0.3, 0.4) is 0 Å². The number of aliphatic hydroxyl groups excluding tert-OH is 3. The van der Waals surface area contributed by atoms with Gasteiger partial charge in [-0.05, 0) is 39.0 Å². The summed E-state index contributed by atoms with van der Waals surface area (Å²) < 4.78 is 0. The molecule has 0 radical (unpaired) electrons. The molecule has 0 aliphatic heterocycles. The number of unbranched alkanes of at least 4 members (excludes halogenated alkanes) is 13. The number of amides is 7. The molecule has 0 fully saturated rings. The number of carbonyl (C=O) groups excluding carboxylic acids is 8. The first-order chi connectivity index (χ1) is 32.3. The Balaban J connectivity index is 4.66. The second-order valence-electron chi connectivity index (χ2n) is 16.6. The lowest BCUT2D eigenvalue weighted by atomic mass is 10.0. The molecule has 0 bridgehead atoms. The number of carboxylic acids is 3. The average Bonchev–Trinajstić information content (AvgIpc) is 3.29. The zero-order valence-corrected chi connectivity index (χ0v) is 39.2. The van der Waals surface area contributed by atoms with E-state index in [4.69, 9.17) is 10.2 Å². The van der Waals surface area contributed by atoms with Crippen molar-refractivity contribution in [2.45, 2.75) is 178 Å². The Morgan fingerprint density at radius 1 is 0.368 bits per heavy atom. The number of hydrogen-bond donors (Lipinski definition) is 13. The van der Waals surface area contributed by atoms with E-state index in [0.717, 1.165) is 57.8 Å². The van der Waals surface area contributed by atoms with Gasteiger partial charge in [-0.15, -0.1) is 0 Å². The number of carboxylic acid groups (broad SMARTS) is 3. The number of aliphatic hydroxyl groups is 3. The number of rotatable bonds is 42. The molecule has 24 nitrogen and oxygen atoms in total. The minimum atomic E-state index is -1.58. The van der Waals surface area contributed by atoms with Crippen molar-refractivity contribution in [3.8, 4) is 0 Å². The van der Waals surface area contributed by atoms with E-state index in [1.165, 1.54) is 32.6 Å². The number of carbonyl (C=O) groups is 11. The van der Waals surface area contributed by atoms with E-state index < -0.39 is 141 Å². The molecule has 7 amide bonds. The van der Waals surface area contributed by atoms with Crippen LogP contribution in [0.25, 0.3) is 0 Å². The molecule has 0 aliphatic rings. The molecule has 13 N–H and O–H groups in total. The minimum Gasteiger partial charge on any atom is -0.481 e. The molecule has 24 heteroatoms. The van der Waals surface area contributed by atoms with Crippen molar-refractivity contribution >= 4 is 65.0 Å². The normalized spacial score (nSPS) is 13.1. The summed E-state index contributed by atoms with van der Waals surface area (Å²) >= 11 is 0. The summed E-state index contributed by atoms with van der Waals surface area (Å²) in [6.07, 6.45) is 12.4. The lowest BCUT2D eigenvalue weighted by molar-refractivity contribution is -0.142. The van der Waals surface area contributed by atoms with Crippen LogP contribution in [0, 0.1) is 0 Å². The fraction of sp³-hybridized carbons (Fsp3) is 0.750. The van der Waals surface area contributed by atoms with Gasteiger partial charge in [-0.2, -0.15) is 0 Å². The van der Waals surface area contributed by atoms with Gasteiger partial charge < -0.3 is 67.9 Å². The maximum Gasteiger partial charge on any atom is 0.326 e. The SMILES string of the molecule is CC(=O)CNC(=O)[C@H](CO)NC(=O)[C@H](CCC(=O)O)NC(=O)CNC(=O)[C@H](CO)NC(=O)CC[C@@H](CO)NC(=O)CC[C@H](NC(=O)CCCCCCCCCCCCCCCCC(=O)O)C(=O)O. The number of Topliss-reactive ketones (excluding diaryl/α,β-unsaturated/α-hetero) is 1. The van der Waals surface area contributed by atoms with Gasteiger partial charge in [0.1, 0.15) is 30.0 Å². The second-order valence-corrected chi connectivity index (χ2v) is 16.6. The summed E-state index contributed by atoms with van der Waals surface area (Å²) in [5.41, 5.74) is 0. The Morgan fingerprint density at radius 3 is 1.24 bits per heavy atom. The monoisotopic (exact) mass is 974 g/mol. The minimum absolute atomic E-state index is 0.133. The third kappa shape index (κ3) is 32.8. The van der Waals surface area contributed by atoms with Gasteiger partial charge in [0.05, 0.1) is 39.0 Å². The smallest absolute Gasteiger partial charge is 0.326 e. The van der Waals surface area contributed by atoms with Crippen LogP contribution in [-0.4, -0.2) is 159 Å². The predicted molar refractivity (Wildman–Crippen MR) is 242 cm³/mol. The summed E-state index contributed by atoms with van der Waals surface area (Å²) in [5.74, 6) is -9.78. The summed E-state index contributed by atoms with van der Waals surface area (Å²) in [5, 5.41) is 72.2. The van der Waals surface area contributed by atoms with E-state index >= 15 is 0 Å². The molecule has 0 aromatic rings. The molecular weight excluding hydrogens is 899 g/mol. The first kappa shape index (κ1) is 62.2. The van der Waals surface area contributed by atoms with Crippen molar-refractivity contribution in [2.75, 3.05) is 32.9 Å². The van der Waals surface area contributed by atoms with E-state index in [1.54, 1.807) is 0 Å². The van der Waals surface area contributed by atoms with Gasteiger partial charge in [-0.25, -0.2) is 4.79 Å². The number of ketones is 1. The van der Waals surface area contributed by atoms with Crippen molar-refractivity contribution in [2.24, 2.45) is 0 Å². The molecule has 0 aliphatic carbocycles. The highest BCUT2D eigenvalue weighted by Gasteiger charge is 2.28. The maximum atomic E-state index is 12.8. The third-order valence-corrected chi connectivity index (χ3v) is 10.5. The van der Waals surface area contributed by atoms with Crippen molar-refractivity contribution in [1.29, 1.82) is 0 Å². The van der Waals surface area contributed by atoms with Gasteiger partial charge in [0.25, 0.3) is 0 Å². The summed E-state index contributed by atoms with van der Waals surface area (Å²) in [7, 11) is 0. The fourth-order valence-electron chi connectivity index (χ4n) is 6.63. The quantitative estimate of drug-likeness (QED) is 0.0328. The summed E-state index contributed by atoms with van der Waals surface area (Å²) in [4.78, 5) is 133. The van der Waals surface area contributed by atoms with Gasteiger partial charge in [-0.1, -0.05) is 77.0 Å². The molecule has 0 saturated carbocycles. The Hall–Kier alpha value is -5.75. The van der Waals surface area contributed by atoms with Crippen LogP contribution >= 0.6 is 0 Å². The largest absolute Gasteiger partial charge is 0.481 e. The first-order valence-electron chi connectivity index (χ1n) is 23.3. The molecule has 0 heterocycles. The summed E-state index contributed by atoms with van der Waals surface area (Å²) in [6.45, 7) is -2.47. The van der Waals surface area contributed by atoms with E-state index in [9.17, 15) is 73.2 Å². The lowest BCUT2D eigenvalue weighted by Crippen LogP contribution is -2.56. The van der Waals surface area contributed by atoms with E-state index in [2.05, 4.69) is 37.2 Å². The van der Waals surface area contributed by atoms with Crippen LogP contribution in [0.5, 0.6) is 0 Å². The third-order valence-electron chi connectivity index (χ3n) is 10.5. The van der Waals surface area contributed by atoms with E-state index in [1.807, 2.05) is 0 Å². The summed E-state index contributed by atoms with van der Waals surface area (Å²) in [6, 6.07) is -6.99. The number of hydrogen-bond acceptors (Lipinski definition) is 14. The number of nitrogens with one attached hydrogen (secondary N) is 7. The molecule has 68 heavy (non-hydrogen) atoms. The molecule has 0 rings (SSSR count). The Bertz CT molecular complexity index is 1620. The Labute approximate surface area is 396 Å². The van der Waals surface area contributed by atoms with Crippen LogP contribution in [-0.2, 0) is 52.7 Å². The van der Waals surface area contributed by atoms with Crippen LogP contribution in [0.2, 0.25) is 0 Å². The molecule has 0 unspecified atom stereocenters. The predicted octanol–water partition coefficient (Wildman–Crippen LogP) is -0.955. The molecule has 0 spiro atoms. The van der Waals surface area contributed by atoms with Gasteiger partial charge in [-0.3, -0.25) is 47.9 Å². The van der Waals surface area contributed by atoms with Gasteiger partial charge in [0.15, 0.2) is 0 Å². The van der Waals surface area contributed by atoms with Crippen LogP contribution in [0.1, 0.15) is 148 Å². The highest BCUT2D eigenvalue weighted by Crippen LogP contribution is 2.14. The zero-order chi connectivity index (χ0) is 51.3. The lowest BCUT2D eigenvalue weighted by Gasteiger charge is -2.22. The fourth-order valence-corrected chi connectivity index (χ4v) is 6.63. The molecular formula is C44H75N7O17. The molecule has 388 valence electrons. The second kappa shape index (κ2) is 38.2. The average molecular weight is 974 g/mol. The topological polar surface area (TPSA) is 393 Å². The molecule has 0 aromatic heterocycles. The molecule has 0 saturated heterocycles. The highest BCUT2D eigenvalue weighted by atomic mass is 16.4. The van der Waals surface area contributed by atoms with Gasteiger partial charge >= 0.3 is 17.9 Å². The standard InChI is InChI=1S/C44H75N7O17/c1-29(55)24-45-42(65)34(28-54)51-43(66)31(20-23-40(62)63)48-38(59)25-46-41(64)33(27-53)50-37(58)21-18-30(26-52)47-36(57)22-19-32(44(67)68)49-35(56)16-14-12-10-8-6-4-2-3-5-7-9-11-13-15-17-39(60)61/h30-34,52-54H,2-28H2,1H3,(H,45,65)(H,46,64)(H,47,57)(H,48,59)(H,49,56)(H,50,58)(H,51,66)(H,60,61)(H,62,63)(H,67,68)/t30-,31-,32-,33-,34-/m0/s1. The number of aliphatic carboxylic acids is 3. The Kier molecular flexibility index (Phi) is 35.0. The van der Waals surface area contributed by atoms with Crippen LogP contribution in [0.4, 0.5) is 0 Å². The molecule has 0 aromatic carbocycles. The van der Waals surface area contributed by atoms with Gasteiger partial charge in [0, 0.05) is 32.1 Å². The molecule has 5 atom stereocenters. The highest BCUT2D eigenvalue weighted by molar-refractivity contribution is 5.95. The first-order valence-corrected chi connectivity index (χ1v) is 23.3. The maximum absolute atomic E-state index is 12.8. The van der Waals surface area contributed by atoms with Crippen molar-refractivity contribution < 1.29 is 83.4 Å². The van der Waals surface area contributed by atoms with Gasteiger partial charge in [0.2, 0.25) is 41.4 Å². The van der Waals surface area contributed by atoms with Crippen molar-refractivity contribution in [3.05, 3.63) is 0 Å². The Morgan fingerprint density at radius 2 is 0.765 bits per heavy atom. The van der Waals surface area contributed by atoms with Crippen molar-refractivity contribution in [3.63, 3.8) is 0 Å². The van der Waals surface area contributed by atoms with E-state index in [0.29, 0.717) is 6.42 Å². The van der Waals surface area contributed by atoms with E-state index in [-0.39, 0.29) is 38.5 Å². The van der Waals surface area contributed by atoms with Crippen molar-refractivity contribution in [1.82, 2.24) is 37.2 Å². The van der Waals surface area contributed by atoms with Crippen LogP contribution < -0.4 is 37.2 Å².